The van der Waals surface area contributed by atoms with E-state index in [0.717, 1.165) is 0 Å². The van der Waals surface area contributed by atoms with Gasteiger partial charge in [-0.1, -0.05) is 0 Å². The number of nitrogens with one attached hydrogen (secondary N) is 1. The van der Waals surface area contributed by atoms with Gasteiger partial charge < -0.3 is 19.5 Å². The van der Waals surface area contributed by atoms with Crippen molar-refractivity contribution in [2.24, 2.45) is 0 Å². The van der Waals surface area contributed by atoms with Crippen molar-refractivity contribution in [1.29, 1.82) is 0 Å². The molecule has 0 aliphatic rings. The normalized spacial score (nSPS) is 10.2. The van der Waals surface area contributed by atoms with E-state index in [4.69, 9.17) is 14.2 Å². The molecule has 0 unspecified atom stereocenters. The molecule has 9 heteroatoms. The Bertz CT molecular complexity index is 919. The lowest BCUT2D eigenvalue weighted by Crippen LogP contribution is -2.14. The molecule has 3 rings (SSSR count). The number of nitrogens with zero attached hydrogens (tertiary/aromatic N) is 4. The van der Waals surface area contributed by atoms with Crippen molar-refractivity contribution in [3.8, 4) is 23.7 Å². The van der Waals surface area contributed by atoms with Gasteiger partial charge in [0.2, 0.25) is 5.88 Å². The van der Waals surface area contributed by atoms with Crippen LogP contribution in [0.3, 0.4) is 0 Å². The van der Waals surface area contributed by atoms with Gasteiger partial charge in [-0.2, -0.15) is 4.98 Å². The Morgan fingerprint density at radius 3 is 2.36 bits per heavy atom. The molecule has 0 bridgehead atoms. The maximum atomic E-state index is 12.5. The molecular weight excluding hydrogens is 362 g/mol. The molecule has 0 saturated carbocycles. The number of carbonyl (C=O) groups is 1. The molecule has 0 fully saturated rings. The largest absolute Gasteiger partial charge is 0.476 e. The summed E-state index contributed by atoms with van der Waals surface area (Å²) in [6.45, 7) is 4.47. The SMILES string of the molecule is CCOc1ncc(NC(=O)c2ccc(Oc3ncccn3)cc2)c(OCC)n1. The van der Waals surface area contributed by atoms with Gasteiger partial charge in [-0.05, 0) is 44.2 Å². The van der Waals surface area contributed by atoms with Crippen molar-refractivity contribution in [3.63, 3.8) is 0 Å². The summed E-state index contributed by atoms with van der Waals surface area (Å²) in [5.41, 5.74) is 0.783. The first-order valence-corrected chi connectivity index (χ1v) is 8.68. The van der Waals surface area contributed by atoms with Crippen LogP contribution in [0.1, 0.15) is 24.2 Å². The number of ether oxygens (including phenoxy) is 3. The van der Waals surface area contributed by atoms with E-state index in [9.17, 15) is 4.79 Å². The van der Waals surface area contributed by atoms with Crippen LogP contribution in [0, 0.1) is 0 Å². The fourth-order valence-electron chi connectivity index (χ4n) is 2.19. The number of carbonyl (C=O) groups excluding carboxylic acids is 1. The van der Waals surface area contributed by atoms with Crippen LogP contribution in [0.15, 0.2) is 48.9 Å². The van der Waals surface area contributed by atoms with E-state index < -0.39 is 0 Å². The number of benzene rings is 1. The van der Waals surface area contributed by atoms with E-state index in [1.54, 1.807) is 42.7 Å². The predicted octanol–water partition coefficient (Wildman–Crippen LogP) is 3.11. The van der Waals surface area contributed by atoms with Crippen molar-refractivity contribution in [2.75, 3.05) is 18.5 Å². The highest BCUT2D eigenvalue weighted by Crippen LogP contribution is 2.24. The predicted molar refractivity (Wildman–Crippen MR) is 101 cm³/mol. The minimum atomic E-state index is -0.337. The molecule has 3 aromatic rings. The van der Waals surface area contributed by atoms with Gasteiger partial charge in [-0.15, -0.1) is 0 Å². The molecule has 0 aliphatic heterocycles. The van der Waals surface area contributed by atoms with Crippen molar-refractivity contribution in [3.05, 3.63) is 54.5 Å². The minimum Gasteiger partial charge on any atom is -0.476 e. The van der Waals surface area contributed by atoms with Crippen LogP contribution < -0.4 is 19.5 Å². The Labute approximate surface area is 161 Å². The maximum absolute atomic E-state index is 12.5. The van der Waals surface area contributed by atoms with E-state index in [0.29, 0.717) is 30.2 Å². The summed E-state index contributed by atoms with van der Waals surface area (Å²) in [6, 6.07) is 8.68. The molecule has 1 N–H and O–H groups in total. The first-order valence-electron chi connectivity index (χ1n) is 8.68. The minimum absolute atomic E-state index is 0.189. The Balaban J connectivity index is 1.70. The molecule has 1 aromatic carbocycles. The van der Waals surface area contributed by atoms with Crippen LogP contribution in [-0.2, 0) is 0 Å². The third-order valence-corrected chi connectivity index (χ3v) is 3.40. The molecule has 144 valence electrons. The van der Waals surface area contributed by atoms with Gasteiger partial charge in [0.05, 0.1) is 19.4 Å². The van der Waals surface area contributed by atoms with E-state index in [-0.39, 0.29) is 23.8 Å². The second kappa shape index (κ2) is 9.26. The summed E-state index contributed by atoms with van der Waals surface area (Å²) >= 11 is 0. The molecule has 28 heavy (non-hydrogen) atoms. The highest BCUT2D eigenvalue weighted by Gasteiger charge is 2.14. The first kappa shape index (κ1) is 19.0. The summed E-state index contributed by atoms with van der Waals surface area (Å²) in [5, 5.41) is 2.74. The quantitative estimate of drug-likeness (QED) is 0.634. The van der Waals surface area contributed by atoms with Crippen molar-refractivity contribution in [1.82, 2.24) is 19.9 Å². The van der Waals surface area contributed by atoms with Crippen LogP contribution in [0.5, 0.6) is 23.7 Å². The molecule has 0 atom stereocenters. The molecular formula is C19H19N5O4. The molecule has 0 radical (unpaired) electrons. The van der Waals surface area contributed by atoms with E-state index in [2.05, 4.69) is 25.3 Å². The number of anilines is 1. The number of aromatic nitrogens is 4. The molecule has 0 aliphatic carbocycles. The highest BCUT2D eigenvalue weighted by molar-refractivity contribution is 6.04. The Morgan fingerprint density at radius 1 is 0.964 bits per heavy atom. The van der Waals surface area contributed by atoms with Gasteiger partial charge in [-0.25, -0.2) is 15.0 Å². The molecule has 1 amide bonds. The van der Waals surface area contributed by atoms with Gasteiger partial charge in [0.15, 0.2) is 0 Å². The molecule has 0 spiro atoms. The van der Waals surface area contributed by atoms with Gasteiger partial charge >= 0.3 is 12.0 Å². The number of rotatable bonds is 8. The van der Waals surface area contributed by atoms with Crippen molar-refractivity contribution in [2.45, 2.75) is 13.8 Å². The van der Waals surface area contributed by atoms with Crippen LogP contribution >= 0.6 is 0 Å². The summed E-state index contributed by atoms with van der Waals surface area (Å²) in [6.07, 6.45) is 4.61. The van der Waals surface area contributed by atoms with Gasteiger partial charge in [0.25, 0.3) is 5.91 Å². The number of amides is 1. The number of hydrogen-bond acceptors (Lipinski definition) is 8. The standard InChI is InChI=1S/C19H19N5O4/c1-3-26-17-15(12-22-19(24-17)27-4-2)23-16(25)13-6-8-14(9-7-13)28-18-20-10-5-11-21-18/h5-12H,3-4H2,1-2H3,(H,23,25). The molecule has 0 saturated heterocycles. The summed E-state index contributed by atoms with van der Waals surface area (Å²) in [7, 11) is 0. The molecule has 9 nitrogen and oxygen atoms in total. The lowest BCUT2D eigenvalue weighted by Gasteiger charge is -2.11. The van der Waals surface area contributed by atoms with E-state index in [1.807, 2.05) is 13.8 Å². The lowest BCUT2D eigenvalue weighted by atomic mass is 10.2. The Morgan fingerprint density at radius 2 is 1.68 bits per heavy atom. The third-order valence-electron chi connectivity index (χ3n) is 3.40. The lowest BCUT2D eigenvalue weighted by molar-refractivity contribution is 0.102. The van der Waals surface area contributed by atoms with Crippen LogP contribution in [0.25, 0.3) is 0 Å². The monoisotopic (exact) mass is 381 g/mol. The fourth-order valence-corrected chi connectivity index (χ4v) is 2.19. The second-order valence-corrected chi connectivity index (χ2v) is 5.35. The van der Waals surface area contributed by atoms with Crippen molar-refractivity contribution < 1.29 is 19.0 Å². The second-order valence-electron chi connectivity index (χ2n) is 5.35. The first-order chi connectivity index (χ1) is 13.7. The molecule has 2 aromatic heterocycles. The van der Waals surface area contributed by atoms with E-state index >= 15 is 0 Å². The smallest absolute Gasteiger partial charge is 0.321 e. The van der Waals surface area contributed by atoms with Gasteiger partial charge in [0, 0.05) is 18.0 Å². The van der Waals surface area contributed by atoms with Crippen molar-refractivity contribution >= 4 is 11.6 Å². The summed E-state index contributed by atoms with van der Waals surface area (Å²) in [5.74, 6) is 0.425. The average Bonchev–Trinajstić information content (AvgIpc) is 2.71. The summed E-state index contributed by atoms with van der Waals surface area (Å²) < 4.78 is 16.2. The van der Waals surface area contributed by atoms with Gasteiger partial charge in [-0.3, -0.25) is 4.79 Å². The zero-order valence-electron chi connectivity index (χ0n) is 15.5. The zero-order valence-corrected chi connectivity index (χ0v) is 15.5. The maximum Gasteiger partial charge on any atom is 0.321 e. The Kier molecular flexibility index (Phi) is 6.29. The molecule has 2 heterocycles. The highest BCUT2D eigenvalue weighted by atomic mass is 16.5. The van der Waals surface area contributed by atoms with Crippen LogP contribution in [0.4, 0.5) is 5.69 Å². The summed E-state index contributed by atoms with van der Waals surface area (Å²) in [4.78, 5) is 28.7. The van der Waals surface area contributed by atoms with E-state index in [1.165, 1.54) is 6.20 Å². The zero-order chi connectivity index (χ0) is 19.8. The van der Waals surface area contributed by atoms with Crippen LogP contribution in [0.2, 0.25) is 0 Å². The van der Waals surface area contributed by atoms with Gasteiger partial charge in [0.1, 0.15) is 11.4 Å². The van der Waals surface area contributed by atoms with Crippen LogP contribution in [-0.4, -0.2) is 39.1 Å². The average molecular weight is 381 g/mol. The fraction of sp³-hybridized carbons (Fsp3) is 0.211. The number of hydrogen-bond donors (Lipinski definition) is 1. The topological polar surface area (TPSA) is 108 Å². The third kappa shape index (κ3) is 4.91. The Hall–Kier alpha value is -3.75.